The highest BCUT2D eigenvalue weighted by atomic mass is 35.5. The molecular weight excluding hydrogens is 260 g/mol. The van der Waals surface area contributed by atoms with Crippen LogP contribution >= 0.6 is 11.6 Å². The lowest BCUT2D eigenvalue weighted by Gasteiger charge is -2.15. The SMILES string of the molecule is COCCCOCCC(CCl)Cc1ccccc1C. The third-order valence-corrected chi connectivity index (χ3v) is 3.73. The highest BCUT2D eigenvalue weighted by molar-refractivity contribution is 6.18. The molecule has 0 aliphatic heterocycles. The van der Waals surface area contributed by atoms with Crippen molar-refractivity contribution in [3.05, 3.63) is 35.4 Å². The van der Waals surface area contributed by atoms with Gasteiger partial charge in [0.2, 0.25) is 0 Å². The topological polar surface area (TPSA) is 18.5 Å². The molecule has 0 bridgehead atoms. The molecule has 0 saturated carbocycles. The van der Waals surface area contributed by atoms with E-state index in [4.69, 9.17) is 21.1 Å². The quantitative estimate of drug-likeness (QED) is 0.480. The average molecular weight is 285 g/mol. The van der Waals surface area contributed by atoms with Gasteiger partial charge in [-0.1, -0.05) is 24.3 Å². The van der Waals surface area contributed by atoms with Crippen molar-refractivity contribution >= 4 is 11.6 Å². The lowest BCUT2D eigenvalue weighted by Crippen LogP contribution is -2.11. The minimum atomic E-state index is 0.491. The van der Waals surface area contributed by atoms with Gasteiger partial charge in [-0.2, -0.15) is 0 Å². The smallest absolute Gasteiger partial charge is 0.0487 e. The molecule has 0 amide bonds. The molecule has 0 saturated heterocycles. The largest absolute Gasteiger partial charge is 0.385 e. The van der Waals surface area contributed by atoms with Gasteiger partial charge in [0, 0.05) is 32.8 Å². The van der Waals surface area contributed by atoms with Crippen LogP contribution in [0.15, 0.2) is 24.3 Å². The van der Waals surface area contributed by atoms with Gasteiger partial charge in [-0.3, -0.25) is 0 Å². The van der Waals surface area contributed by atoms with Crippen molar-refractivity contribution in [2.24, 2.45) is 5.92 Å². The van der Waals surface area contributed by atoms with Crippen LogP contribution in [0.2, 0.25) is 0 Å². The maximum absolute atomic E-state index is 6.06. The minimum absolute atomic E-state index is 0.491. The maximum Gasteiger partial charge on any atom is 0.0487 e. The normalized spacial score (nSPS) is 12.6. The van der Waals surface area contributed by atoms with Gasteiger partial charge in [-0.15, -0.1) is 11.6 Å². The molecule has 3 heteroatoms. The van der Waals surface area contributed by atoms with E-state index >= 15 is 0 Å². The van der Waals surface area contributed by atoms with Crippen LogP contribution in [0.4, 0.5) is 0 Å². The van der Waals surface area contributed by atoms with E-state index in [0.717, 1.165) is 39.1 Å². The van der Waals surface area contributed by atoms with Gasteiger partial charge in [0.25, 0.3) is 0 Å². The van der Waals surface area contributed by atoms with Gasteiger partial charge in [0.15, 0.2) is 0 Å². The van der Waals surface area contributed by atoms with Gasteiger partial charge < -0.3 is 9.47 Å². The lowest BCUT2D eigenvalue weighted by atomic mass is 9.95. The van der Waals surface area contributed by atoms with E-state index in [-0.39, 0.29) is 0 Å². The van der Waals surface area contributed by atoms with Gasteiger partial charge in [-0.05, 0) is 43.2 Å². The van der Waals surface area contributed by atoms with E-state index < -0.39 is 0 Å². The summed E-state index contributed by atoms with van der Waals surface area (Å²) >= 11 is 6.06. The molecule has 2 nitrogen and oxygen atoms in total. The lowest BCUT2D eigenvalue weighted by molar-refractivity contribution is 0.0951. The first kappa shape index (κ1) is 16.5. The first-order valence-corrected chi connectivity index (χ1v) is 7.48. The Kier molecular flexibility index (Phi) is 8.89. The Morgan fingerprint density at radius 2 is 1.95 bits per heavy atom. The fourth-order valence-corrected chi connectivity index (χ4v) is 2.30. The van der Waals surface area contributed by atoms with Crippen molar-refractivity contribution in [3.63, 3.8) is 0 Å². The summed E-state index contributed by atoms with van der Waals surface area (Å²) < 4.78 is 10.6. The summed E-state index contributed by atoms with van der Waals surface area (Å²) in [5.74, 6) is 1.18. The number of hydrogen-bond donors (Lipinski definition) is 0. The Labute approximate surface area is 122 Å². The first-order valence-electron chi connectivity index (χ1n) is 6.95. The fraction of sp³-hybridized carbons (Fsp3) is 0.625. The molecule has 0 fully saturated rings. The zero-order chi connectivity index (χ0) is 13.9. The number of methoxy groups -OCH3 is 1. The zero-order valence-corrected chi connectivity index (χ0v) is 12.8. The standard InChI is InChI=1S/C16H25ClO2/c1-14-6-3-4-7-16(14)12-15(13-17)8-11-19-10-5-9-18-2/h3-4,6-7,15H,5,8-13H2,1-2H3. The number of hydrogen-bond acceptors (Lipinski definition) is 2. The molecule has 19 heavy (non-hydrogen) atoms. The van der Waals surface area contributed by atoms with Crippen LogP contribution in [0.1, 0.15) is 24.0 Å². The van der Waals surface area contributed by atoms with Crippen LogP contribution in [-0.4, -0.2) is 32.8 Å². The van der Waals surface area contributed by atoms with E-state index in [1.54, 1.807) is 7.11 Å². The van der Waals surface area contributed by atoms with Gasteiger partial charge in [0.05, 0.1) is 0 Å². The Balaban J connectivity index is 2.24. The molecule has 1 rings (SSSR count). The van der Waals surface area contributed by atoms with Crippen LogP contribution in [0, 0.1) is 12.8 Å². The molecule has 0 N–H and O–H groups in total. The number of rotatable bonds is 10. The van der Waals surface area contributed by atoms with Crippen LogP contribution < -0.4 is 0 Å². The number of benzene rings is 1. The fourth-order valence-electron chi connectivity index (χ4n) is 2.04. The van der Waals surface area contributed by atoms with Crippen LogP contribution in [0.25, 0.3) is 0 Å². The highest BCUT2D eigenvalue weighted by Crippen LogP contribution is 2.17. The van der Waals surface area contributed by atoms with E-state index in [1.807, 2.05) is 0 Å². The second-order valence-corrected chi connectivity index (χ2v) is 5.21. The molecule has 1 aromatic rings. The molecule has 0 aliphatic carbocycles. The first-order chi connectivity index (χ1) is 9.27. The van der Waals surface area contributed by atoms with Crippen molar-refractivity contribution in [1.82, 2.24) is 0 Å². The number of halogens is 1. The Bertz CT molecular complexity index is 341. The summed E-state index contributed by atoms with van der Waals surface area (Å²) in [4.78, 5) is 0. The Morgan fingerprint density at radius 1 is 1.16 bits per heavy atom. The second kappa shape index (κ2) is 10.2. The predicted octanol–water partition coefficient (Wildman–Crippen LogP) is 3.84. The molecule has 0 aliphatic rings. The zero-order valence-electron chi connectivity index (χ0n) is 12.0. The number of aryl methyl sites for hydroxylation is 1. The molecular formula is C16H25ClO2. The van der Waals surface area contributed by atoms with E-state index in [2.05, 4.69) is 31.2 Å². The third kappa shape index (κ3) is 6.95. The predicted molar refractivity (Wildman–Crippen MR) is 81.0 cm³/mol. The monoisotopic (exact) mass is 284 g/mol. The van der Waals surface area contributed by atoms with Crippen LogP contribution in [0.3, 0.4) is 0 Å². The van der Waals surface area contributed by atoms with E-state index in [0.29, 0.717) is 11.8 Å². The van der Waals surface area contributed by atoms with Crippen molar-refractivity contribution < 1.29 is 9.47 Å². The summed E-state index contributed by atoms with van der Waals surface area (Å²) in [5, 5.41) is 0. The van der Waals surface area contributed by atoms with Crippen molar-refractivity contribution in [2.45, 2.75) is 26.2 Å². The highest BCUT2D eigenvalue weighted by Gasteiger charge is 2.10. The van der Waals surface area contributed by atoms with Crippen molar-refractivity contribution in [1.29, 1.82) is 0 Å². The summed E-state index contributed by atoms with van der Waals surface area (Å²) in [7, 11) is 1.71. The number of alkyl halides is 1. The molecule has 1 atom stereocenters. The summed E-state index contributed by atoms with van der Waals surface area (Å²) in [6.45, 7) is 4.48. The molecule has 0 aromatic heterocycles. The maximum atomic E-state index is 6.06. The Morgan fingerprint density at radius 3 is 2.63 bits per heavy atom. The molecule has 108 valence electrons. The van der Waals surface area contributed by atoms with Crippen molar-refractivity contribution in [2.75, 3.05) is 32.8 Å². The molecule has 1 unspecified atom stereocenters. The molecule has 0 heterocycles. The van der Waals surface area contributed by atoms with Gasteiger partial charge in [-0.25, -0.2) is 0 Å². The van der Waals surface area contributed by atoms with E-state index in [9.17, 15) is 0 Å². The minimum Gasteiger partial charge on any atom is -0.385 e. The molecule has 0 spiro atoms. The van der Waals surface area contributed by atoms with Gasteiger partial charge >= 0.3 is 0 Å². The molecule has 0 radical (unpaired) electrons. The summed E-state index contributed by atoms with van der Waals surface area (Å²) in [5.41, 5.74) is 2.74. The van der Waals surface area contributed by atoms with Crippen molar-refractivity contribution in [3.8, 4) is 0 Å². The van der Waals surface area contributed by atoms with E-state index in [1.165, 1.54) is 11.1 Å². The second-order valence-electron chi connectivity index (χ2n) is 4.90. The summed E-state index contributed by atoms with van der Waals surface area (Å²) in [6.07, 6.45) is 3.02. The van der Waals surface area contributed by atoms with Gasteiger partial charge in [0.1, 0.15) is 0 Å². The average Bonchev–Trinajstić information content (AvgIpc) is 2.43. The van der Waals surface area contributed by atoms with Crippen LogP contribution in [0.5, 0.6) is 0 Å². The summed E-state index contributed by atoms with van der Waals surface area (Å²) in [6, 6.07) is 8.51. The third-order valence-electron chi connectivity index (χ3n) is 3.30. The number of ether oxygens (including phenoxy) is 2. The van der Waals surface area contributed by atoms with Crippen LogP contribution in [-0.2, 0) is 15.9 Å². The Hall–Kier alpha value is -0.570. The molecule has 1 aromatic carbocycles.